The third-order valence-electron chi connectivity index (χ3n) is 1.72. The van der Waals surface area contributed by atoms with Gasteiger partial charge in [-0.15, -0.1) is 13.1 Å². The number of hydrogen-bond acceptors (Lipinski definition) is 1. The zero-order valence-corrected chi connectivity index (χ0v) is 10.5. The molecule has 0 aromatic heterocycles. The molecule has 2 N–H and O–H groups in total. The smallest absolute Gasteiger partial charge is 0 e. The first-order chi connectivity index (χ1) is 3.93. The molecule has 0 spiro atoms. The van der Waals surface area contributed by atoms with Crippen molar-refractivity contribution in [2.45, 2.75) is 12.8 Å². The van der Waals surface area contributed by atoms with Crippen molar-refractivity contribution in [2.75, 3.05) is 19.6 Å². The summed E-state index contributed by atoms with van der Waals surface area (Å²) < 4.78 is 0. The van der Waals surface area contributed by atoms with Crippen molar-refractivity contribution in [1.82, 2.24) is 0 Å². The average Bonchev–Trinajstić information content (AvgIpc) is 1.90. The summed E-state index contributed by atoms with van der Waals surface area (Å²) in [6.07, 6.45) is 2.44. The summed E-state index contributed by atoms with van der Waals surface area (Å²) in [7, 11) is 0. The Kier molecular flexibility index (Phi) is 12.4. The quantitative estimate of drug-likeness (QED) is 0.713. The number of nitrogens with zero attached hydrogens (tertiary/aromatic N) is 1. The zero-order chi connectivity index (χ0) is 5.82. The van der Waals surface area contributed by atoms with Crippen molar-refractivity contribution in [3.63, 3.8) is 0 Å². The zero-order valence-electron chi connectivity index (χ0n) is 6.05. The van der Waals surface area contributed by atoms with E-state index in [-0.39, 0.29) is 52.2 Å². The fraction of sp³-hybridized carbons (Fsp3) is 1.00. The van der Waals surface area contributed by atoms with E-state index in [2.05, 4.69) is 5.32 Å². The Balaban J connectivity index is 0. The molecule has 0 aliphatic carbocycles. The number of rotatable bonds is 1. The van der Waals surface area contributed by atoms with Gasteiger partial charge in [0.25, 0.3) is 0 Å². The van der Waals surface area contributed by atoms with Gasteiger partial charge >= 0.3 is 0 Å². The topological polar surface area (TPSA) is 40.1 Å². The Labute approximate surface area is 101 Å². The molecule has 60 valence electrons. The second kappa shape index (κ2) is 8.74. The van der Waals surface area contributed by atoms with Crippen LogP contribution in [0.2, 0.25) is 0 Å². The summed E-state index contributed by atoms with van der Waals surface area (Å²) in [5.74, 6) is 0.771. The van der Waals surface area contributed by atoms with Crippen molar-refractivity contribution in [1.29, 1.82) is 0 Å². The van der Waals surface area contributed by atoms with Crippen molar-refractivity contribution in [3.05, 3.63) is 5.32 Å². The van der Waals surface area contributed by atoms with E-state index in [4.69, 9.17) is 5.73 Å². The van der Waals surface area contributed by atoms with Gasteiger partial charge in [-0.3, -0.25) is 0 Å². The summed E-state index contributed by atoms with van der Waals surface area (Å²) >= 11 is 0. The van der Waals surface area contributed by atoms with E-state index < -0.39 is 0 Å². The van der Waals surface area contributed by atoms with Gasteiger partial charge in [0.2, 0.25) is 0 Å². The molecule has 4 heteroatoms. The van der Waals surface area contributed by atoms with Crippen molar-refractivity contribution in [2.24, 2.45) is 11.7 Å². The Hall–Kier alpha value is 1.65. The Morgan fingerprint density at radius 2 is 1.80 bits per heavy atom. The minimum Gasteiger partial charge on any atom is -0.662 e. The molecule has 0 unspecified atom stereocenters. The second-order valence-electron chi connectivity index (χ2n) is 2.35. The third-order valence-corrected chi connectivity index (χ3v) is 1.72. The maximum Gasteiger partial charge on any atom is 0 e. The molecule has 10 heavy (non-hydrogen) atoms. The molecule has 0 saturated carbocycles. The third kappa shape index (κ3) is 5.32. The van der Waals surface area contributed by atoms with Crippen molar-refractivity contribution in [3.8, 4) is 0 Å². The van der Waals surface area contributed by atoms with Gasteiger partial charge in [-0.2, -0.15) is 0 Å². The number of nitrogens with two attached hydrogens (primary N) is 1. The predicted molar refractivity (Wildman–Crippen MR) is 34.9 cm³/mol. The van der Waals surface area contributed by atoms with Crippen LogP contribution in [-0.2, 0) is 52.2 Å². The van der Waals surface area contributed by atoms with E-state index in [1.807, 2.05) is 0 Å². The average molecular weight is 305 g/mol. The van der Waals surface area contributed by atoms with Crippen molar-refractivity contribution < 1.29 is 52.2 Å². The molecule has 1 aliphatic heterocycles. The molecular formula is C6H13N2RhY-. The van der Waals surface area contributed by atoms with Crippen LogP contribution in [0.5, 0.6) is 0 Å². The van der Waals surface area contributed by atoms with E-state index in [0.717, 1.165) is 25.6 Å². The fourth-order valence-corrected chi connectivity index (χ4v) is 1.04. The molecule has 0 bridgehead atoms. The van der Waals surface area contributed by atoms with E-state index >= 15 is 0 Å². The molecule has 0 aromatic rings. The second-order valence-corrected chi connectivity index (χ2v) is 2.35. The first-order valence-corrected chi connectivity index (χ1v) is 3.27. The first-order valence-electron chi connectivity index (χ1n) is 3.27. The molecule has 1 rings (SSSR count). The van der Waals surface area contributed by atoms with E-state index in [9.17, 15) is 0 Å². The fourth-order valence-electron chi connectivity index (χ4n) is 1.04. The normalized spacial score (nSPS) is 18.9. The standard InChI is InChI=1S/C6H13N2.Rh.Y/c7-5-6-1-3-8-4-2-6;;/h6H,1-5,7H2;;/q-1;;. The molecule has 2 nitrogen and oxygen atoms in total. The van der Waals surface area contributed by atoms with Crippen LogP contribution >= 0.6 is 0 Å². The van der Waals surface area contributed by atoms with Gasteiger partial charge in [0.05, 0.1) is 0 Å². The molecule has 1 saturated heterocycles. The van der Waals surface area contributed by atoms with Crippen LogP contribution in [0.1, 0.15) is 12.8 Å². The predicted octanol–water partition coefficient (Wildman–Crippen LogP) is 0.724. The molecule has 0 amide bonds. The maximum absolute atomic E-state index is 5.46. The number of hydrogen-bond donors (Lipinski definition) is 1. The molecule has 0 atom stereocenters. The van der Waals surface area contributed by atoms with Gasteiger partial charge in [-0.05, 0) is 12.5 Å². The Bertz CT molecular complexity index is 66.8. The van der Waals surface area contributed by atoms with Gasteiger partial charge in [-0.25, -0.2) is 0 Å². The van der Waals surface area contributed by atoms with Gasteiger partial charge in [-0.1, -0.05) is 12.8 Å². The van der Waals surface area contributed by atoms with Crippen LogP contribution in [-0.4, -0.2) is 19.6 Å². The summed E-state index contributed by atoms with van der Waals surface area (Å²) in [5, 5.41) is 4.22. The summed E-state index contributed by atoms with van der Waals surface area (Å²) in [4.78, 5) is 0. The maximum atomic E-state index is 5.46. The van der Waals surface area contributed by atoms with Crippen molar-refractivity contribution >= 4 is 0 Å². The summed E-state index contributed by atoms with van der Waals surface area (Å²) in [6, 6.07) is 0. The summed E-state index contributed by atoms with van der Waals surface area (Å²) in [6.45, 7) is 2.94. The molecular weight excluding hydrogens is 292 g/mol. The summed E-state index contributed by atoms with van der Waals surface area (Å²) in [5.41, 5.74) is 5.46. The SMILES string of the molecule is NCC1CC[N-]CC1.[Rh].[Y]. The first kappa shape index (κ1) is 14.2. The van der Waals surface area contributed by atoms with E-state index in [1.54, 1.807) is 0 Å². The Morgan fingerprint density at radius 3 is 2.10 bits per heavy atom. The largest absolute Gasteiger partial charge is 0.662 e. The molecule has 2 radical (unpaired) electrons. The minimum atomic E-state index is 0. The van der Waals surface area contributed by atoms with Crippen LogP contribution < -0.4 is 5.73 Å². The van der Waals surface area contributed by atoms with Gasteiger partial charge in [0.15, 0.2) is 0 Å². The van der Waals surface area contributed by atoms with E-state index in [0.29, 0.717) is 0 Å². The van der Waals surface area contributed by atoms with Crippen LogP contribution in [0.3, 0.4) is 0 Å². The van der Waals surface area contributed by atoms with Gasteiger partial charge < -0.3 is 11.1 Å². The van der Waals surface area contributed by atoms with Gasteiger partial charge in [0, 0.05) is 52.2 Å². The molecule has 1 heterocycles. The van der Waals surface area contributed by atoms with E-state index in [1.165, 1.54) is 12.8 Å². The van der Waals surface area contributed by atoms with Crippen LogP contribution in [0, 0.1) is 5.92 Å². The minimum absolute atomic E-state index is 0. The monoisotopic (exact) mass is 305 g/mol. The van der Waals surface area contributed by atoms with Crippen LogP contribution in [0.4, 0.5) is 0 Å². The number of piperidine rings is 1. The molecule has 1 aliphatic rings. The Morgan fingerprint density at radius 1 is 1.30 bits per heavy atom. The van der Waals surface area contributed by atoms with Crippen LogP contribution in [0.25, 0.3) is 5.32 Å². The molecule has 0 aromatic carbocycles. The molecule has 1 fully saturated rings. The van der Waals surface area contributed by atoms with Crippen LogP contribution in [0.15, 0.2) is 0 Å². The van der Waals surface area contributed by atoms with Gasteiger partial charge in [0.1, 0.15) is 0 Å².